The summed E-state index contributed by atoms with van der Waals surface area (Å²) in [6.45, 7) is 1.80. The van der Waals surface area contributed by atoms with Crippen molar-refractivity contribution >= 4 is 21.5 Å². The van der Waals surface area contributed by atoms with Crippen LogP contribution in [-0.4, -0.2) is 31.0 Å². The van der Waals surface area contributed by atoms with Gasteiger partial charge in [-0.1, -0.05) is 0 Å². The van der Waals surface area contributed by atoms with Crippen LogP contribution in [0.1, 0.15) is 5.56 Å². The molecule has 0 bridgehead atoms. The number of aromatic nitrogens is 2. The van der Waals surface area contributed by atoms with Crippen LogP contribution >= 0.6 is 0 Å². The van der Waals surface area contributed by atoms with E-state index in [4.69, 9.17) is 10.5 Å². The van der Waals surface area contributed by atoms with Crippen molar-refractivity contribution in [3.05, 3.63) is 36.0 Å². The van der Waals surface area contributed by atoms with Gasteiger partial charge in [-0.2, -0.15) is 5.10 Å². The van der Waals surface area contributed by atoms with Crippen LogP contribution in [-0.2, 0) is 10.0 Å². The molecule has 0 fully saturated rings. The zero-order valence-electron chi connectivity index (χ0n) is 11.0. The Bertz CT molecular complexity index is 664. The summed E-state index contributed by atoms with van der Waals surface area (Å²) in [4.78, 5) is 0. The van der Waals surface area contributed by atoms with Crippen LogP contribution in [0.5, 0.6) is 5.75 Å². The largest absolute Gasteiger partial charge is 0.492 e. The zero-order chi connectivity index (χ0) is 14.6. The first-order valence-electron chi connectivity index (χ1n) is 5.95. The van der Waals surface area contributed by atoms with Crippen molar-refractivity contribution in [1.82, 2.24) is 10.2 Å². The number of hydrogen-bond acceptors (Lipinski definition) is 5. The van der Waals surface area contributed by atoms with E-state index in [0.717, 1.165) is 5.56 Å². The number of aromatic amines is 1. The first-order valence-corrected chi connectivity index (χ1v) is 7.60. The third-order valence-electron chi connectivity index (χ3n) is 2.59. The topological polar surface area (TPSA) is 110 Å². The molecule has 1 aromatic heterocycles. The second-order valence-corrected chi connectivity index (χ2v) is 6.11. The van der Waals surface area contributed by atoms with Gasteiger partial charge in [-0.15, -0.1) is 0 Å². The fraction of sp³-hybridized carbons (Fsp3) is 0.250. The predicted octanol–water partition coefficient (Wildman–Crippen LogP) is 1.12. The lowest BCUT2D eigenvalue weighted by Crippen LogP contribution is -2.21. The van der Waals surface area contributed by atoms with Gasteiger partial charge in [0.05, 0.1) is 6.20 Å². The van der Waals surface area contributed by atoms with Crippen LogP contribution in [0.15, 0.2) is 30.5 Å². The number of nitrogens with one attached hydrogen (secondary N) is 2. The quantitative estimate of drug-likeness (QED) is 0.692. The minimum absolute atomic E-state index is 0.0481. The number of sulfonamides is 1. The summed E-state index contributed by atoms with van der Waals surface area (Å²) >= 11 is 0. The number of nitrogens with zero attached hydrogens (tertiary/aromatic N) is 1. The molecule has 0 aliphatic heterocycles. The Hall–Kier alpha value is -2.22. The molecule has 1 heterocycles. The van der Waals surface area contributed by atoms with Gasteiger partial charge in [-0.3, -0.25) is 9.82 Å². The minimum atomic E-state index is -3.48. The van der Waals surface area contributed by atoms with E-state index in [0.29, 0.717) is 17.3 Å². The first kappa shape index (κ1) is 14.2. The first-order chi connectivity index (χ1) is 9.46. The van der Waals surface area contributed by atoms with Gasteiger partial charge in [0.25, 0.3) is 0 Å². The summed E-state index contributed by atoms with van der Waals surface area (Å²) in [5, 5.41) is 6.33. The lowest BCUT2D eigenvalue weighted by molar-refractivity contribution is 0.341. The van der Waals surface area contributed by atoms with Crippen molar-refractivity contribution in [2.75, 3.05) is 22.8 Å². The van der Waals surface area contributed by atoms with Crippen LogP contribution in [0.4, 0.5) is 11.5 Å². The molecule has 108 valence electrons. The normalized spacial score (nSPS) is 11.2. The molecule has 0 spiro atoms. The number of anilines is 2. The number of nitrogens with two attached hydrogens (primary N) is 1. The molecule has 2 aromatic rings. The number of hydrogen-bond donors (Lipinski definition) is 3. The highest BCUT2D eigenvalue weighted by Gasteiger charge is 2.13. The van der Waals surface area contributed by atoms with Gasteiger partial charge in [0, 0.05) is 11.3 Å². The van der Waals surface area contributed by atoms with Gasteiger partial charge in [0.2, 0.25) is 10.0 Å². The third kappa shape index (κ3) is 3.89. The van der Waals surface area contributed by atoms with Crippen molar-refractivity contribution < 1.29 is 13.2 Å². The van der Waals surface area contributed by atoms with Gasteiger partial charge in [0.15, 0.2) is 0 Å². The summed E-state index contributed by atoms with van der Waals surface area (Å²) in [5.74, 6) is 0.792. The van der Waals surface area contributed by atoms with E-state index in [1.165, 1.54) is 0 Å². The van der Waals surface area contributed by atoms with E-state index >= 15 is 0 Å². The molecule has 1 aromatic carbocycles. The van der Waals surface area contributed by atoms with E-state index in [1.54, 1.807) is 37.4 Å². The maximum absolute atomic E-state index is 11.8. The maximum atomic E-state index is 11.8. The van der Waals surface area contributed by atoms with Crippen molar-refractivity contribution in [1.29, 1.82) is 0 Å². The van der Waals surface area contributed by atoms with E-state index in [-0.39, 0.29) is 12.4 Å². The summed E-state index contributed by atoms with van der Waals surface area (Å²) in [6.07, 6.45) is 1.54. The molecular weight excluding hydrogens is 280 g/mol. The van der Waals surface area contributed by atoms with Crippen LogP contribution in [0, 0.1) is 6.92 Å². The molecule has 0 atom stereocenters. The smallest absolute Gasteiger partial charge is 0.237 e. The molecule has 0 saturated heterocycles. The lowest BCUT2D eigenvalue weighted by Gasteiger charge is -2.08. The maximum Gasteiger partial charge on any atom is 0.237 e. The average Bonchev–Trinajstić information content (AvgIpc) is 2.77. The molecule has 20 heavy (non-hydrogen) atoms. The second-order valence-electron chi connectivity index (χ2n) is 4.27. The van der Waals surface area contributed by atoms with E-state index < -0.39 is 10.0 Å². The van der Waals surface area contributed by atoms with Crippen molar-refractivity contribution in [2.45, 2.75) is 6.92 Å². The van der Waals surface area contributed by atoms with Crippen molar-refractivity contribution in [2.24, 2.45) is 0 Å². The average molecular weight is 296 g/mol. The van der Waals surface area contributed by atoms with Crippen molar-refractivity contribution in [3.8, 4) is 5.75 Å². The van der Waals surface area contributed by atoms with Crippen LogP contribution in [0.3, 0.4) is 0 Å². The highest BCUT2D eigenvalue weighted by Crippen LogP contribution is 2.14. The molecule has 8 heteroatoms. The van der Waals surface area contributed by atoms with E-state index in [2.05, 4.69) is 14.9 Å². The Morgan fingerprint density at radius 1 is 1.35 bits per heavy atom. The zero-order valence-corrected chi connectivity index (χ0v) is 11.8. The third-order valence-corrected chi connectivity index (χ3v) is 3.81. The molecule has 2 rings (SSSR count). The molecule has 0 aliphatic carbocycles. The summed E-state index contributed by atoms with van der Waals surface area (Å²) < 4.78 is 31.4. The Kier molecular flexibility index (Phi) is 4.14. The molecule has 0 amide bonds. The fourth-order valence-corrected chi connectivity index (χ4v) is 2.41. The van der Waals surface area contributed by atoms with Gasteiger partial charge in [-0.25, -0.2) is 8.42 Å². The predicted molar refractivity (Wildman–Crippen MR) is 77.1 cm³/mol. The standard InChI is InChI=1S/C12H16N4O3S/c1-9-8-14-15-12(9)16-20(17,18)7-6-19-11-4-2-10(13)3-5-11/h2-5,8H,6-7,13H2,1H3,(H2,14,15,16). The van der Waals surface area contributed by atoms with E-state index in [9.17, 15) is 8.42 Å². The summed E-state index contributed by atoms with van der Waals surface area (Å²) in [6, 6.07) is 6.76. The second kappa shape index (κ2) is 5.83. The van der Waals surface area contributed by atoms with E-state index in [1.807, 2.05) is 0 Å². The molecule has 0 aliphatic rings. The van der Waals surface area contributed by atoms with Crippen LogP contribution in [0.2, 0.25) is 0 Å². The van der Waals surface area contributed by atoms with Crippen LogP contribution in [0.25, 0.3) is 0 Å². The van der Waals surface area contributed by atoms with Gasteiger partial charge in [-0.05, 0) is 31.2 Å². The van der Waals surface area contributed by atoms with Gasteiger partial charge < -0.3 is 10.5 Å². The fourth-order valence-electron chi connectivity index (χ4n) is 1.49. The Morgan fingerprint density at radius 3 is 2.65 bits per heavy atom. The number of ether oxygens (including phenoxy) is 1. The highest BCUT2D eigenvalue weighted by molar-refractivity contribution is 7.92. The lowest BCUT2D eigenvalue weighted by atomic mass is 10.3. The number of aryl methyl sites for hydroxylation is 1. The molecule has 0 radical (unpaired) electrons. The minimum Gasteiger partial charge on any atom is -0.492 e. The summed E-state index contributed by atoms with van der Waals surface area (Å²) in [7, 11) is -3.48. The molecule has 7 nitrogen and oxygen atoms in total. The number of H-pyrrole nitrogens is 1. The molecule has 0 unspecified atom stereocenters. The molecule has 4 N–H and O–H groups in total. The highest BCUT2D eigenvalue weighted by atomic mass is 32.2. The van der Waals surface area contributed by atoms with Crippen LogP contribution < -0.4 is 15.2 Å². The van der Waals surface area contributed by atoms with Crippen molar-refractivity contribution in [3.63, 3.8) is 0 Å². The number of nitrogen functional groups attached to an aromatic ring is 1. The summed E-state index contributed by atoms with van der Waals surface area (Å²) in [5.41, 5.74) is 6.90. The molecular formula is C12H16N4O3S. The Balaban J connectivity index is 1.86. The van der Waals surface area contributed by atoms with Gasteiger partial charge >= 0.3 is 0 Å². The number of benzene rings is 1. The SMILES string of the molecule is Cc1cn[nH]c1NS(=O)(=O)CCOc1ccc(N)cc1. The number of rotatable bonds is 6. The Morgan fingerprint density at radius 2 is 2.05 bits per heavy atom. The monoisotopic (exact) mass is 296 g/mol. The Labute approximate surface area is 117 Å². The molecule has 0 saturated carbocycles. The van der Waals surface area contributed by atoms with Gasteiger partial charge in [0.1, 0.15) is 23.9 Å².